The van der Waals surface area contributed by atoms with Crippen LogP contribution in [0.5, 0.6) is 5.75 Å². The van der Waals surface area contributed by atoms with Crippen LogP contribution in [-0.4, -0.2) is 22.8 Å². The highest BCUT2D eigenvalue weighted by Gasteiger charge is 2.15. The number of benzene rings is 1. The highest BCUT2D eigenvalue weighted by Crippen LogP contribution is 2.18. The van der Waals surface area contributed by atoms with Crippen LogP contribution < -0.4 is 10.1 Å². The van der Waals surface area contributed by atoms with Crippen LogP contribution >= 0.6 is 11.6 Å². The average molecular weight is 294 g/mol. The molecule has 0 aliphatic carbocycles. The van der Waals surface area contributed by atoms with Crippen molar-refractivity contribution in [2.24, 2.45) is 0 Å². The summed E-state index contributed by atoms with van der Waals surface area (Å²) in [5.74, 6) is 0.436. The third kappa shape index (κ3) is 3.11. The highest BCUT2D eigenvalue weighted by molar-refractivity contribution is 6.33. The second-order valence-corrected chi connectivity index (χ2v) is 4.58. The SMILES string of the molecule is CCn1cc(Cl)c(C(=O)NCc2ccccc2OC)n1. The number of nitrogens with zero attached hydrogens (tertiary/aromatic N) is 2. The summed E-state index contributed by atoms with van der Waals surface area (Å²) < 4.78 is 6.86. The molecule has 0 atom stereocenters. The fourth-order valence-electron chi connectivity index (χ4n) is 1.82. The number of hydrogen-bond acceptors (Lipinski definition) is 3. The number of methoxy groups -OCH3 is 1. The van der Waals surface area contributed by atoms with E-state index < -0.39 is 0 Å². The molecule has 6 heteroatoms. The van der Waals surface area contributed by atoms with Gasteiger partial charge in [-0.3, -0.25) is 9.48 Å². The van der Waals surface area contributed by atoms with Crippen LogP contribution in [0.15, 0.2) is 30.5 Å². The number of carbonyl (C=O) groups excluding carboxylic acids is 1. The van der Waals surface area contributed by atoms with Gasteiger partial charge in [-0.25, -0.2) is 0 Å². The molecule has 0 fully saturated rings. The molecule has 1 aromatic heterocycles. The minimum Gasteiger partial charge on any atom is -0.496 e. The van der Waals surface area contributed by atoms with Crippen LogP contribution in [-0.2, 0) is 13.1 Å². The molecule has 0 bridgehead atoms. The van der Waals surface area contributed by atoms with E-state index in [1.165, 1.54) is 0 Å². The molecule has 0 aliphatic heterocycles. The third-order valence-corrected chi connectivity index (χ3v) is 3.16. The molecule has 0 aliphatic rings. The summed E-state index contributed by atoms with van der Waals surface area (Å²) in [7, 11) is 1.60. The number of aromatic nitrogens is 2. The predicted octanol–water partition coefficient (Wildman–Crippen LogP) is 2.50. The summed E-state index contributed by atoms with van der Waals surface area (Å²) in [6.45, 7) is 2.96. The number of aryl methyl sites for hydroxylation is 1. The molecule has 106 valence electrons. The van der Waals surface area contributed by atoms with Crippen molar-refractivity contribution in [1.29, 1.82) is 0 Å². The number of carbonyl (C=O) groups is 1. The second-order valence-electron chi connectivity index (χ2n) is 4.18. The monoisotopic (exact) mass is 293 g/mol. The molecule has 20 heavy (non-hydrogen) atoms. The number of rotatable bonds is 5. The fraction of sp³-hybridized carbons (Fsp3) is 0.286. The van der Waals surface area contributed by atoms with E-state index in [0.717, 1.165) is 11.3 Å². The van der Waals surface area contributed by atoms with Gasteiger partial charge >= 0.3 is 0 Å². The van der Waals surface area contributed by atoms with Gasteiger partial charge in [0.25, 0.3) is 5.91 Å². The van der Waals surface area contributed by atoms with Gasteiger partial charge < -0.3 is 10.1 Å². The number of amides is 1. The molecule has 1 aromatic carbocycles. The Hall–Kier alpha value is -2.01. The minimum absolute atomic E-state index is 0.239. The Morgan fingerprint density at radius 2 is 2.20 bits per heavy atom. The minimum atomic E-state index is -0.298. The van der Waals surface area contributed by atoms with Crippen LogP contribution in [0.1, 0.15) is 23.0 Å². The van der Waals surface area contributed by atoms with E-state index in [1.807, 2.05) is 31.2 Å². The zero-order valence-corrected chi connectivity index (χ0v) is 12.1. The number of ether oxygens (including phenoxy) is 1. The van der Waals surface area contributed by atoms with E-state index in [4.69, 9.17) is 16.3 Å². The van der Waals surface area contributed by atoms with Gasteiger partial charge in [0.2, 0.25) is 0 Å². The lowest BCUT2D eigenvalue weighted by Crippen LogP contribution is -2.24. The van der Waals surface area contributed by atoms with E-state index in [1.54, 1.807) is 18.0 Å². The molecular weight excluding hydrogens is 278 g/mol. The molecule has 2 rings (SSSR count). The van der Waals surface area contributed by atoms with Crippen LogP contribution in [0.25, 0.3) is 0 Å². The van der Waals surface area contributed by atoms with E-state index in [-0.39, 0.29) is 11.6 Å². The zero-order valence-electron chi connectivity index (χ0n) is 11.4. The highest BCUT2D eigenvalue weighted by atomic mass is 35.5. The van der Waals surface area contributed by atoms with Crippen molar-refractivity contribution in [2.45, 2.75) is 20.0 Å². The molecule has 0 spiro atoms. The zero-order chi connectivity index (χ0) is 14.5. The van der Waals surface area contributed by atoms with Gasteiger partial charge in [-0.2, -0.15) is 5.10 Å². The first-order chi connectivity index (χ1) is 9.65. The van der Waals surface area contributed by atoms with Gasteiger partial charge in [0.15, 0.2) is 5.69 Å². The number of halogens is 1. The molecule has 0 saturated heterocycles. The molecule has 0 unspecified atom stereocenters. The average Bonchev–Trinajstić information content (AvgIpc) is 2.86. The first kappa shape index (κ1) is 14.4. The van der Waals surface area contributed by atoms with Gasteiger partial charge in [0.05, 0.1) is 12.1 Å². The van der Waals surface area contributed by atoms with E-state index in [2.05, 4.69) is 10.4 Å². The van der Waals surface area contributed by atoms with Gasteiger partial charge in [0.1, 0.15) is 5.75 Å². The van der Waals surface area contributed by atoms with Crippen molar-refractivity contribution >= 4 is 17.5 Å². The lowest BCUT2D eigenvalue weighted by atomic mass is 10.2. The summed E-state index contributed by atoms with van der Waals surface area (Å²) in [5, 5.41) is 7.26. The largest absolute Gasteiger partial charge is 0.496 e. The molecule has 1 heterocycles. The maximum atomic E-state index is 12.1. The van der Waals surface area contributed by atoms with Crippen LogP contribution in [0.3, 0.4) is 0 Å². The Kier molecular flexibility index (Phi) is 4.63. The van der Waals surface area contributed by atoms with E-state index in [9.17, 15) is 4.79 Å². The molecule has 1 amide bonds. The quantitative estimate of drug-likeness (QED) is 0.921. The van der Waals surface area contributed by atoms with Gasteiger partial charge in [-0.05, 0) is 13.0 Å². The fourth-order valence-corrected chi connectivity index (χ4v) is 2.06. The first-order valence-electron chi connectivity index (χ1n) is 6.28. The lowest BCUT2D eigenvalue weighted by Gasteiger charge is -2.08. The van der Waals surface area contributed by atoms with Crippen molar-refractivity contribution in [3.8, 4) is 5.75 Å². The normalized spacial score (nSPS) is 10.3. The number of para-hydroxylation sites is 1. The summed E-state index contributed by atoms with van der Waals surface area (Å²) in [5.41, 5.74) is 1.14. The predicted molar refractivity (Wildman–Crippen MR) is 77.1 cm³/mol. The Morgan fingerprint density at radius 3 is 2.85 bits per heavy atom. The van der Waals surface area contributed by atoms with Crippen LogP contribution in [0, 0.1) is 0 Å². The Labute approximate surface area is 122 Å². The first-order valence-corrected chi connectivity index (χ1v) is 6.66. The van der Waals surface area contributed by atoms with E-state index >= 15 is 0 Å². The molecule has 5 nitrogen and oxygen atoms in total. The Bertz CT molecular complexity index is 610. The summed E-state index contributed by atoms with van der Waals surface area (Å²) in [6.07, 6.45) is 1.64. The topological polar surface area (TPSA) is 56.2 Å². The standard InChI is InChI=1S/C14H16ClN3O2/c1-3-18-9-11(15)13(17-18)14(19)16-8-10-6-4-5-7-12(10)20-2/h4-7,9H,3,8H2,1-2H3,(H,16,19). The maximum Gasteiger partial charge on any atom is 0.273 e. The Morgan fingerprint density at radius 1 is 1.45 bits per heavy atom. The smallest absolute Gasteiger partial charge is 0.273 e. The molecular formula is C14H16ClN3O2. The number of hydrogen-bond donors (Lipinski definition) is 1. The number of nitrogens with one attached hydrogen (secondary N) is 1. The maximum absolute atomic E-state index is 12.1. The van der Waals surface area contributed by atoms with Gasteiger partial charge in [-0.15, -0.1) is 0 Å². The molecule has 0 saturated carbocycles. The summed E-state index contributed by atoms with van der Waals surface area (Å²) in [4.78, 5) is 12.1. The van der Waals surface area contributed by atoms with E-state index in [0.29, 0.717) is 18.1 Å². The van der Waals surface area contributed by atoms with Crippen molar-refractivity contribution in [1.82, 2.24) is 15.1 Å². The van der Waals surface area contributed by atoms with Crippen LogP contribution in [0.4, 0.5) is 0 Å². The molecule has 1 N–H and O–H groups in total. The Balaban J connectivity index is 2.06. The van der Waals surface area contributed by atoms with Crippen molar-refractivity contribution in [3.63, 3.8) is 0 Å². The van der Waals surface area contributed by atoms with Crippen molar-refractivity contribution < 1.29 is 9.53 Å². The van der Waals surface area contributed by atoms with Gasteiger partial charge in [-0.1, -0.05) is 29.8 Å². The molecule has 0 radical (unpaired) electrons. The van der Waals surface area contributed by atoms with Crippen LogP contribution in [0.2, 0.25) is 5.02 Å². The lowest BCUT2D eigenvalue weighted by molar-refractivity contribution is 0.0945. The second kappa shape index (κ2) is 6.43. The summed E-state index contributed by atoms with van der Waals surface area (Å²) in [6, 6.07) is 7.51. The van der Waals surface area contributed by atoms with Crippen molar-refractivity contribution in [2.75, 3.05) is 7.11 Å². The van der Waals surface area contributed by atoms with Gasteiger partial charge in [0, 0.05) is 24.8 Å². The van der Waals surface area contributed by atoms with Crippen molar-refractivity contribution in [3.05, 3.63) is 46.7 Å². The summed E-state index contributed by atoms with van der Waals surface area (Å²) >= 11 is 5.99. The molecule has 2 aromatic rings. The third-order valence-electron chi connectivity index (χ3n) is 2.89.